The largest absolute Gasteiger partial charge is 0.478 e. The third-order valence-corrected chi connectivity index (χ3v) is 4.16. The summed E-state index contributed by atoms with van der Waals surface area (Å²) in [7, 11) is 0. The van der Waals surface area contributed by atoms with Crippen LogP contribution in [0.25, 0.3) is 0 Å². The first-order valence-corrected chi connectivity index (χ1v) is 7.51. The Balaban J connectivity index is 1.67. The Morgan fingerprint density at radius 2 is 2.00 bits per heavy atom. The predicted octanol–water partition coefficient (Wildman–Crippen LogP) is 2.66. The van der Waals surface area contributed by atoms with Crippen LogP contribution in [0.3, 0.4) is 0 Å². The van der Waals surface area contributed by atoms with Gasteiger partial charge in [-0.1, -0.05) is 18.2 Å². The van der Waals surface area contributed by atoms with E-state index in [4.69, 9.17) is 0 Å². The average molecular weight is 339 g/mol. The molecule has 0 saturated heterocycles. The zero-order valence-electron chi connectivity index (χ0n) is 12.8. The van der Waals surface area contributed by atoms with Crippen LogP contribution in [0.1, 0.15) is 27.4 Å². The first-order chi connectivity index (χ1) is 11.4. The minimum atomic E-state index is -4.44. The Hall–Kier alpha value is -2.35. The van der Waals surface area contributed by atoms with E-state index in [-0.39, 0.29) is 12.1 Å². The van der Waals surface area contributed by atoms with E-state index < -0.39 is 18.0 Å². The molecule has 2 aromatic rings. The van der Waals surface area contributed by atoms with Crippen LogP contribution in [0, 0.1) is 0 Å². The Morgan fingerprint density at radius 1 is 1.25 bits per heavy atom. The highest BCUT2D eigenvalue weighted by molar-refractivity contribution is 5.89. The summed E-state index contributed by atoms with van der Waals surface area (Å²) in [5.41, 5.74) is 1.51. The number of fused-ring (bicyclic) bond motifs is 1. The Bertz CT molecular complexity index is 755. The Labute approximate surface area is 136 Å². The standard InChI is InChI=1S/C16H16F3N3O2/c17-16(18,19)15-20-9-12-10-21(7-8-22(12)15)6-5-11-3-1-2-4-13(11)14(23)24/h1-4,9H,5-8,10H2,(H,23,24). The molecule has 3 rings (SSSR count). The number of carboxylic acid groups (broad SMARTS) is 1. The number of hydrogen-bond donors (Lipinski definition) is 1. The zero-order chi connectivity index (χ0) is 17.3. The van der Waals surface area contributed by atoms with Crippen molar-refractivity contribution in [2.75, 3.05) is 13.1 Å². The molecule has 0 fully saturated rings. The van der Waals surface area contributed by atoms with Crippen molar-refractivity contribution in [1.82, 2.24) is 14.5 Å². The molecule has 0 radical (unpaired) electrons. The number of rotatable bonds is 4. The third kappa shape index (κ3) is 3.28. The Kier molecular flexibility index (Phi) is 4.31. The van der Waals surface area contributed by atoms with Crippen molar-refractivity contribution in [1.29, 1.82) is 0 Å². The fourth-order valence-electron chi connectivity index (χ4n) is 2.98. The van der Waals surface area contributed by atoms with Gasteiger partial charge in [-0.15, -0.1) is 0 Å². The number of nitrogens with zero attached hydrogens (tertiary/aromatic N) is 3. The zero-order valence-corrected chi connectivity index (χ0v) is 12.8. The monoisotopic (exact) mass is 339 g/mol. The molecule has 24 heavy (non-hydrogen) atoms. The van der Waals surface area contributed by atoms with Crippen molar-refractivity contribution in [3.63, 3.8) is 0 Å². The number of benzene rings is 1. The van der Waals surface area contributed by atoms with Crippen LogP contribution in [0.15, 0.2) is 30.5 Å². The molecule has 1 aliphatic rings. The highest BCUT2D eigenvalue weighted by Gasteiger charge is 2.38. The number of halogens is 3. The van der Waals surface area contributed by atoms with Crippen LogP contribution < -0.4 is 0 Å². The predicted molar refractivity (Wildman–Crippen MR) is 79.6 cm³/mol. The van der Waals surface area contributed by atoms with Crippen LogP contribution in [0.5, 0.6) is 0 Å². The van der Waals surface area contributed by atoms with Gasteiger partial charge in [-0.05, 0) is 18.1 Å². The molecule has 1 aromatic heterocycles. The van der Waals surface area contributed by atoms with Gasteiger partial charge < -0.3 is 9.67 Å². The molecule has 0 spiro atoms. The van der Waals surface area contributed by atoms with Gasteiger partial charge in [0.1, 0.15) is 0 Å². The molecular weight excluding hydrogens is 323 g/mol. The number of hydrogen-bond acceptors (Lipinski definition) is 3. The number of aromatic nitrogens is 2. The summed E-state index contributed by atoms with van der Waals surface area (Å²) in [6, 6.07) is 6.77. The minimum Gasteiger partial charge on any atom is -0.478 e. The second-order valence-electron chi connectivity index (χ2n) is 5.71. The molecule has 0 atom stereocenters. The summed E-state index contributed by atoms with van der Waals surface area (Å²) < 4.78 is 39.7. The summed E-state index contributed by atoms with van der Waals surface area (Å²) in [5.74, 6) is -1.83. The van der Waals surface area contributed by atoms with Gasteiger partial charge in [-0.3, -0.25) is 4.90 Å². The van der Waals surface area contributed by atoms with Crippen LogP contribution in [0.4, 0.5) is 13.2 Å². The molecule has 1 N–H and O–H groups in total. The van der Waals surface area contributed by atoms with E-state index in [0.29, 0.717) is 31.7 Å². The number of carbonyl (C=O) groups is 1. The molecule has 0 amide bonds. The van der Waals surface area contributed by atoms with Gasteiger partial charge in [-0.25, -0.2) is 9.78 Å². The van der Waals surface area contributed by atoms with E-state index in [1.165, 1.54) is 10.8 Å². The van der Waals surface area contributed by atoms with Crippen LogP contribution >= 0.6 is 0 Å². The highest BCUT2D eigenvalue weighted by atomic mass is 19.4. The molecule has 0 saturated carbocycles. The minimum absolute atomic E-state index is 0.227. The summed E-state index contributed by atoms with van der Waals surface area (Å²) in [6.07, 6.45) is -2.65. The number of carboxylic acids is 1. The topological polar surface area (TPSA) is 58.4 Å². The summed E-state index contributed by atoms with van der Waals surface area (Å²) in [5, 5.41) is 9.18. The number of alkyl halides is 3. The molecule has 2 heterocycles. The van der Waals surface area contributed by atoms with Crippen molar-refractivity contribution in [2.45, 2.75) is 25.7 Å². The first-order valence-electron chi connectivity index (χ1n) is 7.51. The third-order valence-electron chi connectivity index (χ3n) is 4.16. The average Bonchev–Trinajstić information content (AvgIpc) is 2.96. The maximum atomic E-state index is 12.8. The lowest BCUT2D eigenvalue weighted by Crippen LogP contribution is -2.36. The highest BCUT2D eigenvalue weighted by Crippen LogP contribution is 2.30. The molecular formula is C16H16F3N3O2. The van der Waals surface area contributed by atoms with Gasteiger partial charge in [0.25, 0.3) is 0 Å². The SMILES string of the molecule is O=C(O)c1ccccc1CCN1CCn2c(cnc2C(F)(F)F)C1. The van der Waals surface area contributed by atoms with Gasteiger partial charge in [0.2, 0.25) is 5.82 Å². The van der Waals surface area contributed by atoms with Gasteiger partial charge in [-0.2, -0.15) is 13.2 Å². The van der Waals surface area contributed by atoms with E-state index in [2.05, 4.69) is 4.98 Å². The van der Waals surface area contributed by atoms with Gasteiger partial charge in [0, 0.05) is 26.2 Å². The number of imidazole rings is 1. The van der Waals surface area contributed by atoms with Gasteiger partial charge in [0.15, 0.2) is 0 Å². The van der Waals surface area contributed by atoms with Gasteiger partial charge in [0.05, 0.1) is 17.5 Å². The second-order valence-corrected chi connectivity index (χ2v) is 5.71. The Morgan fingerprint density at radius 3 is 2.71 bits per heavy atom. The molecule has 1 aliphatic heterocycles. The molecule has 0 unspecified atom stereocenters. The van der Waals surface area contributed by atoms with Crippen LogP contribution in [-0.2, 0) is 25.7 Å². The summed E-state index contributed by atoms with van der Waals surface area (Å²) in [6.45, 7) is 1.65. The van der Waals surface area contributed by atoms with E-state index in [0.717, 1.165) is 5.56 Å². The van der Waals surface area contributed by atoms with Gasteiger partial charge >= 0.3 is 12.1 Å². The van der Waals surface area contributed by atoms with E-state index in [1.54, 1.807) is 24.3 Å². The lowest BCUT2D eigenvalue weighted by Gasteiger charge is -2.29. The van der Waals surface area contributed by atoms with Crippen molar-refractivity contribution in [2.24, 2.45) is 0 Å². The van der Waals surface area contributed by atoms with Crippen LogP contribution in [-0.4, -0.2) is 38.6 Å². The normalized spacial score (nSPS) is 15.3. The maximum Gasteiger partial charge on any atom is 0.449 e. The molecule has 1 aromatic carbocycles. The van der Waals surface area contributed by atoms with Crippen LogP contribution in [0.2, 0.25) is 0 Å². The van der Waals surface area contributed by atoms with E-state index in [1.807, 2.05) is 4.90 Å². The lowest BCUT2D eigenvalue weighted by molar-refractivity contribution is -0.147. The summed E-state index contributed by atoms with van der Waals surface area (Å²) in [4.78, 5) is 16.7. The van der Waals surface area contributed by atoms with Crippen molar-refractivity contribution < 1.29 is 23.1 Å². The molecule has 0 bridgehead atoms. The molecule has 5 nitrogen and oxygen atoms in total. The molecule has 0 aliphatic carbocycles. The lowest BCUT2D eigenvalue weighted by atomic mass is 10.0. The first kappa shape index (κ1) is 16.5. The quantitative estimate of drug-likeness (QED) is 0.930. The second kappa shape index (κ2) is 6.27. The van der Waals surface area contributed by atoms with Crippen molar-refractivity contribution >= 4 is 5.97 Å². The number of aromatic carboxylic acids is 1. The summed E-state index contributed by atoms with van der Waals surface area (Å²) >= 11 is 0. The maximum absolute atomic E-state index is 12.8. The van der Waals surface area contributed by atoms with Crippen molar-refractivity contribution in [3.05, 3.63) is 53.1 Å². The smallest absolute Gasteiger partial charge is 0.449 e. The fraction of sp³-hybridized carbons (Fsp3) is 0.375. The van der Waals surface area contributed by atoms with E-state index >= 15 is 0 Å². The molecule has 8 heteroatoms. The van der Waals surface area contributed by atoms with E-state index in [9.17, 15) is 23.1 Å². The molecule has 128 valence electrons. The fourth-order valence-corrected chi connectivity index (χ4v) is 2.98. The van der Waals surface area contributed by atoms with Crippen molar-refractivity contribution in [3.8, 4) is 0 Å².